The highest BCUT2D eigenvalue weighted by Gasteiger charge is 2.19. The van der Waals surface area contributed by atoms with E-state index in [0.717, 1.165) is 42.9 Å². The number of amidine groups is 1. The van der Waals surface area contributed by atoms with Crippen molar-refractivity contribution in [2.75, 3.05) is 18.0 Å². The second-order valence-electron chi connectivity index (χ2n) is 5.96. The van der Waals surface area contributed by atoms with Gasteiger partial charge in [-0.05, 0) is 37.1 Å². The Morgan fingerprint density at radius 3 is 2.44 bits per heavy atom. The molecule has 0 spiro atoms. The number of anilines is 1. The molecule has 132 valence electrons. The van der Waals surface area contributed by atoms with Crippen molar-refractivity contribution in [2.45, 2.75) is 25.7 Å². The van der Waals surface area contributed by atoms with Gasteiger partial charge in [-0.25, -0.2) is 0 Å². The number of carbonyl (C=O) groups excluding carboxylic acids is 1. The number of aliphatic imine (C=N–C) groups is 1. The maximum absolute atomic E-state index is 12.7. The minimum atomic E-state index is 0. The van der Waals surface area contributed by atoms with Crippen molar-refractivity contribution in [3.05, 3.63) is 65.2 Å². The number of rotatable bonds is 4. The fourth-order valence-corrected chi connectivity index (χ4v) is 3.02. The highest BCUT2D eigenvalue weighted by Crippen LogP contribution is 2.22. The smallest absolute Gasteiger partial charge is 0.182 e. The van der Waals surface area contributed by atoms with Gasteiger partial charge in [-0.1, -0.05) is 48.4 Å². The van der Waals surface area contributed by atoms with E-state index in [-0.39, 0.29) is 22.8 Å². The Hall–Kier alpha value is -1.65. The van der Waals surface area contributed by atoms with E-state index in [9.17, 15) is 4.79 Å². The van der Waals surface area contributed by atoms with Crippen molar-refractivity contribution < 1.29 is 4.79 Å². The Morgan fingerprint density at radius 2 is 1.72 bits per heavy atom. The van der Waals surface area contributed by atoms with Gasteiger partial charge in [0.25, 0.3) is 0 Å². The van der Waals surface area contributed by atoms with Crippen LogP contribution in [0.1, 0.15) is 36.0 Å². The molecule has 2 aromatic rings. The molecule has 3 nitrogen and oxygen atoms in total. The molecule has 1 aliphatic heterocycles. The summed E-state index contributed by atoms with van der Waals surface area (Å²) in [5.74, 6) is 1.09. The molecule has 0 N–H and O–H groups in total. The van der Waals surface area contributed by atoms with Gasteiger partial charge in [0.1, 0.15) is 5.84 Å². The van der Waals surface area contributed by atoms with Crippen LogP contribution in [0.3, 0.4) is 0 Å². The topological polar surface area (TPSA) is 32.7 Å². The van der Waals surface area contributed by atoms with Crippen LogP contribution < -0.4 is 4.90 Å². The Kier molecular flexibility index (Phi) is 7.66. The molecular formula is C20H22BrClN2O. The molecule has 0 saturated carbocycles. The van der Waals surface area contributed by atoms with E-state index in [4.69, 9.17) is 16.6 Å². The zero-order chi connectivity index (χ0) is 16.8. The van der Waals surface area contributed by atoms with Crippen LogP contribution in [0.25, 0.3) is 0 Å². The van der Waals surface area contributed by atoms with Crippen molar-refractivity contribution in [1.29, 1.82) is 0 Å². The fraction of sp³-hybridized carbons (Fsp3) is 0.300. The Bertz CT molecular complexity index is 716. The maximum atomic E-state index is 12.7. The summed E-state index contributed by atoms with van der Waals surface area (Å²) in [6.45, 7) is 1.13. The first-order valence-electron chi connectivity index (χ1n) is 8.39. The summed E-state index contributed by atoms with van der Waals surface area (Å²) in [6, 6.07) is 17.0. The molecule has 0 unspecified atom stereocenters. The number of carbonyl (C=O) groups is 1. The summed E-state index contributed by atoms with van der Waals surface area (Å²) in [7, 11) is 0. The Morgan fingerprint density at radius 1 is 1.00 bits per heavy atom. The molecule has 0 aliphatic carbocycles. The average molecular weight is 422 g/mol. The molecule has 0 atom stereocenters. The first-order valence-corrected chi connectivity index (χ1v) is 8.76. The van der Waals surface area contributed by atoms with Crippen LogP contribution in [0.4, 0.5) is 5.69 Å². The normalized spacial score (nSPS) is 14.0. The molecule has 0 fully saturated rings. The van der Waals surface area contributed by atoms with E-state index in [2.05, 4.69) is 0 Å². The molecule has 1 heterocycles. The molecular weight excluding hydrogens is 400 g/mol. The first-order chi connectivity index (χ1) is 11.7. The van der Waals surface area contributed by atoms with Crippen molar-refractivity contribution in [3.63, 3.8) is 0 Å². The minimum Gasteiger partial charge on any atom is -0.322 e. The van der Waals surface area contributed by atoms with E-state index in [0.29, 0.717) is 11.6 Å². The summed E-state index contributed by atoms with van der Waals surface area (Å²) in [6.07, 6.45) is 4.33. The van der Waals surface area contributed by atoms with Crippen LogP contribution in [0, 0.1) is 0 Å². The van der Waals surface area contributed by atoms with Crippen molar-refractivity contribution in [2.24, 2.45) is 4.99 Å². The standard InChI is InChI=1S/C20H21ClN2O.BrH/c21-17-10-12-18(13-11-17)23(20-9-5-2-6-14-22-20)15-19(24)16-7-3-1-4-8-16;/h1,3-4,7-8,10-13H,2,5-6,9,14-15H2;1H. The quantitative estimate of drug-likeness (QED) is 0.604. The molecule has 0 saturated heterocycles. The summed E-state index contributed by atoms with van der Waals surface area (Å²) in [5, 5.41) is 0.691. The van der Waals surface area contributed by atoms with Crippen LogP contribution in [-0.2, 0) is 0 Å². The largest absolute Gasteiger partial charge is 0.322 e. The molecule has 2 aromatic carbocycles. The lowest BCUT2D eigenvalue weighted by molar-refractivity contribution is 0.100. The van der Waals surface area contributed by atoms with E-state index in [1.807, 2.05) is 59.5 Å². The minimum absolute atomic E-state index is 0. The SMILES string of the molecule is Br.O=C(CN(C1=NCCCCC1)c1ccc(Cl)cc1)c1ccccc1. The van der Waals surface area contributed by atoms with Gasteiger partial charge in [-0.15, -0.1) is 17.0 Å². The van der Waals surface area contributed by atoms with Gasteiger partial charge < -0.3 is 4.90 Å². The third-order valence-electron chi connectivity index (χ3n) is 4.20. The van der Waals surface area contributed by atoms with Gasteiger partial charge in [-0.3, -0.25) is 9.79 Å². The third-order valence-corrected chi connectivity index (χ3v) is 4.45. The second-order valence-corrected chi connectivity index (χ2v) is 6.40. The number of hydrogen-bond acceptors (Lipinski definition) is 3. The van der Waals surface area contributed by atoms with E-state index < -0.39 is 0 Å². The Balaban J connectivity index is 0.00000225. The predicted octanol–water partition coefficient (Wildman–Crippen LogP) is 5.58. The maximum Gasteiger partial charge on any atom is 0.182 e. The lowest BCUT2D eigenvalue weighted by atomic mass is 10.1. The van der Waals surface area contributed by atoms with Gasteiger partial charge in [0, 0.05) is 29.2 Å². The van der Waals surface area contributed by atoms with E-state index in [1.165, 1.54) is 6.42 Å². The number of Topliss-reactive ketones (excluding diaryl/α,β-unsaturated/α-hetero) is 1. The van der Waals surface area contributed by atoms with Crippen LogP contribution in [-0.4, -0.2) is 24.7 Å². The molecule has 0 aromatic heterocycles. The number of ketones is 1. The average Bonchev–Trinajstić information content (AvgIpc) is 2.90. The molecule has 0 radical (unpaired) electrons. The monoisotopic (exact) mass is 420 g/mol. The van der Waals surface area contributed by atoms with E-state index >= 15 is 0 Å². The third kappa shape index (κ3) is 5.41. The number of hydrogen-bond donors (Lipinski definition) is 0. The van der Waals surface area contributed by atoms with Gasteiger partial charge in [0.2, 0.25) is 0 Å². The van der Waals surface area contributed by atoms with E-state index in [1.54, 1.807) is 0 Å². The lowest BCUT2D eigenvalue weighted by Crippen LogP contribution is -2.35. The van der Waals surface area contributed by atoms with Crippen LogP contribution >= 0.6 is 28.6 Å². The summed E-state index contributed by atoms with van der Waals surface area (Å²) in [4.78, 5) is 19.5. The van der Waals surface area contributed by atoms with Crippen LogP contribution in [0.5, 0.6) is 0 Å². The van der Waals surface area contributed by atoms with Gasteiger partial charge >= 0.3 is 0 Å². The zero-order valence-electron chi connectivity index (χ0n) is 14.0. The Labute approximate surface area is 164 Å². The lowest BCUT2D eigenvalue weighted by Gasteiger charge is -2.25. The zero-order valence-corrected chi connectivity index (χ0v) is 16.5. The molecule has 1 aliphatic rings. The number of benzene rings is 2. The molecule has 0 bridgehead atoms. The molecule has 0 amide bonds. The summed E-state index contributed by atoms with van der Waals surface area (Å²) >= 11 is 6.01. The predicted molar refractivity (Wildman–Crippen MR) is 111 cm³/mol. The van der Waals surface area contributed by atoms with Gasteiger partial charge in [0.15, 0.2) is 5.78 Å². The van der Waals surface area contributed by atoms with Gasteiger partial charge in [0.05, 0.1) is 6.54 Å². The summed E-state index contributed by atoms with van der Waals surface area (Å²) < 4.78 is 0. The van der Waals surface area contributed by atoms with Crippen molar-refractivity contribution in [1.82, 2.24) is 0 Å². The fourth-order valence-electron chi connectivity index (χ4n) is 2.89. The summed E-state index contributed by atoms with van der Waals surface area (Å²) in [5.41, 5.74) is 1.69. The molecule has 25 heavy (non-hydrogen) atoms. The van der Waals surface area contributed by atoms with Crippen molar-refractivity contribution in [3.8, 4) is 0 Å². The van der Waals surface area contributed by atoms with Crippen molar-refractivity contribution >= 4 is 45.9 Å². The van der Waals surface area contributed by atoms with Gasteiger partial charge in [-0.2, -0.15) is 0 Å². The molecule has 5 heteroatoms. The van der Waals surface area contributed by atoms with Crippen LogP contribution in [0.15, 0.2) is 59.6 Å². The number of nitrogens with zero attached hydrogens (tertiary/aromatic N) is 2. The van der Waals surface area contributed by atoms with Crippen LogP contribution in [0.2, 0.25) is 5.02 Å². The highest BCUT2D eigenvalue weighted by atomic mass is 79.9. The molecule has 3 rings (SSSR count). The first kappa shape index (κ1) is 19.7. The second kappa shape index (κ2) is 9.73. The number of halogens is 2. The highest BCUT2D eigenvalue weighted by molar-refractivity contribution is 8.93.